The number of hydrogen-bond acceptors (Lipinski definition) is 3. The summed E-state index contributed by atoms with van der Waals surface area (Å²) in [4.78, 5) is 0. The SMILES string of the molecule is OC1C[C@H](OCc2ccccc2)C[C@@H](CCl)O1. The van der Waals surface area contributed by atoms with E-state index >= 15 is 0 Å². The zero-order valence-electron chi connectivity index (χ0n) is 9.59. The third kappa shape index (κ3) is 3.96. The first-order valence-electron chi connectivity index (χ1n) is 5.83. The lowest BCUT2D eigenvalue weighted by Crippen LogP contribution is -2.37. The number of hydrogen-bond donors (Lipinski definition) is 1. The van der Waals surface area contributed by atoms with Crippen LogP contribution >= 0.6 is 11.6 Å². The first-order valence-corrected chi connectivity index (χ1v) is 6.36. The average molecular weight is 257 g/mol. The summed E-state index contributed by atoms with van der Waals surface area (Å²) in [6.45, 7) is 0.563. The molecule has 1 saturated heterocycles. The highest BCUT2D eigenvalue weighted by Gasteiger charge is 2.28. The zero-order chi connectivity index (χ0) is 12.1. The van der Waals surface area contributed by atoms with Crippen molar-refractivity contribution in [2.24, 2.45) is 0 Å². The summed E-state index contributed by atoms with van der Waals surface area (Å²) >= 11 is 5.74. The fourth-order valence-corrected chi connectivity index (χ4v) is 2.17. The van der Waals surface area contributed by atoms with Gasteiger partial charge in [-0.2, -0.15) is 0 Å². The van der Waals surface area contributed by atoms with E-state index in [0.29, 0.717) is 18.9 Å². The molecular weight excluding hydrogens is 240 g/mol. The van der Waals surface area contributed by atoms with E-state index in [1.165, 1.54) is 0 Å². The van der Waals surface area contributed by atoms with Gasteiger partial charge >= 0.3 is 0 Å². The van der Waals surface area contributed by atoms with Crippen LogP contribution in [-0.2, 0) is 16.1 Å². The number of aliphatic hydroxyl groups is 1. The first kappa shape index (κ1) is 12.8. The highest BCUT2D eigenvalue weighted by atomic mass is 35.5. The van der Waals surface area contributed by atoms with Crippen molar-refractivity contribution in [3.05, 3.63) is 35.9 Å². The van der Waals surface area contributed by atoms with Crippen molar-refractivity contribution in [1.82, 2.24) is 0 Å². The van der Waals surface area contributed by atoms with Gasteiger partial charge < -0.3 is 14.6 Å². The highest BCUT2D eigenvalue weighted by molar-refractivity contribution is 6.18. The molecule has 1 fully saturated rings. The molecule has 2 rings (SSSR count). The third-order valence-corrected chi connectivity index (χ3v) is 3.18. The monoisotopic (exact) mass is 256 g/mol. The van der Waals surface area contributed by atoms with Gasteiger partial charge in [-0.3, -0.25) is 0 Å². The van der Waals surface area contributed by atoms with E-state index in [9.17, 15) is 5.11 Å². The Labute approximate surface area is 106 Å². The van der Waals surface area contributed by atoms with Crippen LogP contribution < -0.4 is 0 Å². The predicted octanol–water partition coefficient (Wildman–Crippen LogP) is 2.31. The topological polar surface area (TPSA) is 38.7 Å². The Bertz CT molecular complexity index is 331. The second-order valence-corrected chi connectivity index (χ2v) is 4.57. The van der Waals surface area contributed by atoms with Crippen molar-refractivity contribution in [3.8, 4) is 0 Å². The molecule has 0 aliphatic carbocycles. The second kappa shape index (κ2) is 6.36. The molecular formula is C13H17ClO3. The number of benzene rings is 1. The van der Waals surface area contributed by atoms with Crippen molar-refractivity contribution in [2.75, 3.05) is 5.88 Å². The smallest absolute Gasteiger partial charge is 0.157 e. The summed E-state index contributed by atoms with van der Waals surface area (Å²) in [7, 11) is 0. The number of aliphatic hydroxyl groups excluding tert-OH is 1. The van der Waals surface area contributed by atoms with Crippen LogP contribution in [0.2, 0.25) is 0 Å². The number of alkyl halides is 1. The molecule has 1 heterocycles. The van der Waals surface area contributed by atoms with Gasteiger partial charge in [-0.05, 0) is 5.56 Å². The van der Waals surface area contributed by atoms with Gasteiger partial charge in [0.1, 0.15) is 0 Å². The van der Waals surface area contributed by atoms with Crippen LogP contribution in [0.4, 0.5) is 0 Å². The molecule has 17 heavy (non-hydrogen) atoms. The molecule has 1 unspecified atom stereocenters. The van der Waals surface area contributed by atoms with E-state index in [4.69, 9.17) is 21.1 Å². The zero-order valence-corrected chi connectivity index (χ0v) is 10.3. The molecule has 1 aliphatic heterocycles. The molecule has 1 aromatic carbocycles. The van der Waals surface area contributed by atoms with Crippen molar-refractivity contribution < 1.29 is 14.6 Å². The maximum absolute atomic E-state index is 9.52. The van der Waals surface area contributed by atoms with Gasteiger partial charge in [0.15, 0.2) is 6.29 Å². The first-order chi connectivity index (χ1) is 8.28. The largest absolute Gasteiger partial charge is 0.373 e. The molecule has 1 aliphatic rings. The molecule has 0 aromatic heterocycles. The molecule has 1 N–H and O–H groups in total. The normalized spacial score (nSPS) is 29.2. The molecule has 3 atom stereocenters. The van der Waals surface area contributed by atoms with E-state index in [-0.39, 0.29) is 12.2 Å². The van der Waals surface area contributed by atoms with Gasteiger partial charge in [-0.25, -0.2) is 0 Å². The standard InChI is InChI=1S/C13H17ClO3/c14-8-12-6-11(7-13(15)17-12)16-9-10-4-2-1-3-5-10/h1-5,11-13,15H,6-9H2/t11-,12+,13?/m1/s1. The Balaban J connectivity index is 1.82. The van der Waals surface area contributed by atoms with Crippen molar-refractivity contribution in [1.29, 1.82) is 0 Å². The Morgan fingerprint density at radius 3 is 2.76 bits per heavy atom. The Kier molecular flexibility index (Phi) is 4.80. The van der Waals surface area contributed by atoms with Gasteiger partial charge in [0.25, 0.3) is 0 Å². The van der Waals surface area contributed by atoms with Crippen LogP contribution in [-0.4, -0.2) is 29.5 Å². The maximum atomic E-state index is 9.52. The molecule has 0 saturated carbocycles. The fraction of sp³-hybridized carbons (Fsp3) is 0.538. The van der Waals surface area contributed by atoms with Crippen LogP contribution in [0.25, 0.3) is 0 Å². The van der Waals surface area contributed by atoms with E-state index in [1.807, 2.05) is 30.3 Å². The third-order valence-electron chi connectivity index (χ3n) is 2.84. The summed E-state index contributed by atoms with van der Waals surface area (Å²) in [5, 5.41) is 9.52. The molecule has 0 radical (unpaired) electrons. The van der Waals surface area contributed by atoms with Crippen LogP contribution in [0.3, 0.4) is 0 Å². The molecule has 1 aromatic rings. The van der Waals surface area contributed by atoms with Crippen LogP contribution in [0.1, 0.15) is 18.4 Å². The predicted molar refractivity (Wildman–Crippen MR) is 65.9 cm³/mol. The molecule has 0 amide bonds. The van der Waals surface area contributed by atoms with E-state index in [1.54, 1.807) is 0 Å². The minimum atomic E-state index is -0.756. The highest BCUT2D eigenvalue weighted by Crippen LogP contribution is 2.22. The van der Waals surface area contributed by atoms with Crippen molar-refractivity contribution in [2.45, 2.75) is 37.9 Å². The lowest BCUT2D eigenvalue weighted by molar-refractivity contribution is -0.193. The number of halogens is 1. The molecule has 94 valence electrons. The van der Waals surface area contributed by atoms with Gasteiger partial charge in [0, 0.05) is 18.7 Å². The number of ether oxygens (including phenoxy) is 2. The summed E-state index contributed by atoms with van der Waals surface area (Å²) in [6, 6.07) is 9.99. The second-order valence-electron chi connectivity index (χ2n) is 4.26. The summed E-state index contributed by atoms with van der Waals surface area (Å²) in [5.41, 5.74) is 1.14. The van der Waals surface area contributed by atoms with Gasteiger partial charge in [-0.15, -0.1) is 11.6 Å². The maximum Gasteiger partial charge on any atom is 0.157 e. The Morgan fingerprint density at radius 2 is 2.06 bits per heavy atom. The Morgan fingerprint density at radius 1 is 1.29 bits per heavy atom. The average Bonchev–Trinajstić information content (AvgIpc) is 2.37. The molecule has 4 heteroatoms. The number of rotatable bonds is 4. The Hall–Kier alpha value is -0.610. The molecule has 0 bridgehead atoms. The molecule has 3 nitrogen and oxygen atoms in total. The van der Waals surface area contributed by atoms with Crippen LogP contribution in [0, 0.1) is 0 Å². The lowest BCUT2D eigenvalue weighted by atomic mass is 10.1. The van der Waals surface area contributed by atoms with E-state index < -0.39 is 6.29 Å². The van der Waals surface area contributed by atoms with Crippen LogP contribution in [0.15, 0.2) is 30.3 Å². The molecule has 0 spiro atoms. The van der Waals surface area contributed by atoms with Crippen LogP contribution in [0.5, 0.6) is 0 Å². The van der Waals surface area contributed by atoms with Crippen molar-refractivity contribution >= 4 is 11.6 Å². The van der Waals surface area contributed by atoms with E-state index in [2.05, 4.69) is 0 Å². The van der Waals surface area contributed by atoms with Gasteiger partial charge in [0.05, 0.1) is 18.8 Å². The quantitative estimate of drug-likeness (QED) is 0.841. The van der Waals surface area contributed by atoms with E-state index in [0.717, 1.165) is 12.0 Å². The summed E-state index contributed by atoms with van der Waals surface area (Å²) < 4.78 is 11.0. The fourth-order valence-electron chi connectivity index (χ4n) is 1.97. The van der Waals surface area contributed by atoms with Gasteiger partial charge in [0.2, 0.25) is 0 Å². The lowest BCUT2D eigenvalue weighted by Gasteiger charge is -2.31. The van der Waals surface area contributed by atoms with Crippen molar-refractivity contribution in [3.63, 3.8) is 0 Å². The van der Waals surface area contributed by atoms with Gasteiger partial charge in [-0.1, -0.05) is 30.3 Å². The minimum Gasteiger partial charge on any atom is -0.373 e. The minimum absolute atomic E-state index is 0.0164. The summed E-state index contributed by atoms with van der Waals surface area (Å²) in [6.07, 6.45) is 0.408. The summed E-state index contributed by atoms with van der Waals surface area (Å²) in [5.74, 6) is 0.391.